The van der Waals surface area contributed by atoms with Crippen LogP contribution in [-0.4, -0.2) is 69.1 Å². The predicted octanol–water partition coefficient (Wildman–Crippen LogP) is 0.368. The highest BCUT2D eigenvalue weighted by Gasteiger charge is 2.33. The summed E-state index contributed by atoms with van der Waals surface area (Å²) in [5, 5.41) is 35.1. The van der Waals surface area contributed by atoms with Gasteiger partial charge in [0.1, 0.15) is 23.9 Å². The van der Waals surface area contributed by atoms with E-state index in [9.17, 15) is 34.2 Å². The molecule has 1 rings (SSSR count). The van der Waals surface area contributed by atoms with E-state index in [1.807, 2.05) is 0 Å². The first kappa shape index (κ1) is 31.4. The van der Waals surface area contributed by atoms with E-state index in [2.05, 4.69) is 16.0 Å². The van der Waals surface area contributed by atoms with Crippen LogP contribution in [0.15, 0.2) is 24.3 Å². The van der Waals surface area contributed by atoms with Crippen LogP contribution in [0.25, 0.3) is 0 Å². The number of benzene rings is 1. The molecule has 0 spiro atoms. The minimum atomic E-state index is -1.44. The van der Waals surface area contributed by atoms with Crippen LogP contribution in [0.3, 0.4) is 0 Å². The minimum Gasteiger partial charge on any atom is -0.508 e. The van der Waals surface area contributed by atoms with E-state index < -0.39 is 66.2 Å². The Morgan fingerprint density at radius 3 is 1.89 bits per heavy atom. The zero-order chi connectivity index (χ0) is 28.3. The number of amides is 3. The molecule has 0 aliphatic carbocycles. The largest absolute Gasteiger partial charge is 0.508 e. The molecular weight excluding hydrogens is 484 g/mol. The number of hydrogen-bond acceptors (Lipinski definition) is 7. The number of carbonyl (C=O) groups excluding carboxylic acids is 3. The van der Waals surface area contributed by atoms with Gasteiger partial charge in [0.25, 0.3) is 0 Å². The van der Waals surface area contributed by atoms with Crippen molar-refractivity contribution in [3.8, 4) is 5.75 Å². The number of nitrogens with one attached hydrogen (secondary N) is 3. The molecule has 1 aromatic carbocycles. The zero-order valence-electron chi connectivity index (χ0n) is 21.6. The number of rotatable bonds is 15. The number of aromatic hydroxyl groups is 1. The number of carbonyl (C=O) groups is 5. The fourth-order valence-electron chi connectivity index (χ4n) is 3.51. The Hall–Kier alpha value is -3.67. The van der Waals surface area contributed by atoms with Gasteiger partial charge < -0.3 is 37.0 Å². The highest BCUT2D eigenvalue weighted by Crippen LogP contribution is 2.13. The molecule has 0 radical (unpaired) electrons. The first-order chi connectivity index (χ1) is 17.3. The molecule has 37 heavy (non-hydrogen) atoms. The van der Waals surface area contributed by atoms with Crippen LogP contribution in [0.2, 0.25) is 0 Å². The summed E-state index contributed by atoms with van der Waals surface area (Å²) in [6.45, 7) is 6.91. The first-order valence-corrected chi connectivity index (χ1v) is 12.2. The molecule has 0 saturated heterocycles. The maximum Gasteiger partial charge on any atom is 0.326 e. The Kier molecular flexibility index (Phi) is 12.5. The highest BCUT2D eigenvalue weighted by atomic mass is 16.4. The maximum atomic E-state index is 13.1. The standard InChI is InChI=1S/C25H38N4O8/c1-5-14(4)21(24(35)27-18(25(36)37)10-11-19(31)32)29-23(34)20(13(2)3)28-22(33)17(26)12-15-6-8-16(30)9-7-15/h6-9,13-14,17-18,20-21,30H,5,10-12,26H2,1-4H3,(H,27,35)(H,28,33)(H,29,34)(H,31,32)(H,36,37). The molecule has 5 atom stereocenters. The van der Waals surface area contributed by atoms with Gasteiger partial charge in [0.15, 0.2) is 0 Å². The number of hydrogen-bond donors (Lipinski definition) is 7. The minimum absolute atomic E-state index is 0.0785. The zero-order valence-corrected chi connectivity index (χ0v) is 21.6. The molecule has 0 aliphatic rings. The first-order valence-electron chi connectivity index (χ1n) is 12.2. The fourth-order valence-corrected chi connectivity index (χ4v) is 3.51. The number of carboxylic acid groups (broad SMARTS) is 2. The van der Waals surface area contributed by atoms with E-state index in [4.69, 9.17) is 10.8 Å². The van der Waals surface area contributed by atoms with Crippen LogP contribution in [0, 0.1) is 11.8 Å². The molecule has 12 heteroatoms. The van der Waals surface area contributed by atoms with Crippen molar-refractivity contribution >= 4 is 29.7 Å². The van der Waals surface area contributed by atoms with Crippen molar-refractivity contribution < 1.29 is 39.3 Å². The highest BCUT2D eigenvalue weighted by molar-refractivity contribution is 5.94. The van der Waals surface area contributed by atoms with Crippen LogP contribution in [0.5, 0.6) is 5.75 Å². The third-order valence-electron chi connectivity index (χ3n) is 6.03. The average Bonchev–Trinajstić information content (AvgIpc) is 2.83. The summed E-state index contributed by atoms with van der Waals surface area (Å²) in [5.41, 5.74) is 6.74. The normalized spacial score (nSPS) is 15.1. The van der Waals surface area contributed by atoms with Gasteiger partial charge in [-0.15, -0.1) is 0 Å². The van der Waals surface area contributed by atoms with Gasteiger partial charge in [0.05, 0.1) is 6.04 Å². The summed E-state index contributed by atoms with van der Waals surface area (Å²) in [6.07, 6.45) is -0.130. The number of carboxylic acids is 2. The quantitative estimate of drug-likeness (QED) is 0.169. The summed E-state index contributed by atoms with van der Waals surface area (Å²) in [6, 6.07) is 1.65. The number of phenolic OH excluding ortho intramolecular Hbond substituents is 1. The van der Waals surface area contributed by atoms with Gasteiger partial charge in [-0.3, -0.25) is 19.2 Å². The fraction of sp³-hybridized carbons (Fsp3) is 0.560. The number of nitrogens with two attached hydrogens (primary N) is 1. The van der Waals surface area contributed by atoms with Crippen molar-refractivity contribution in [1.29, 1.82) is 0 Å². The molecule has 8 N–H and O–H groups in total. The predicted molar refractivity (Wildman–Crippen MR) is 134 cm³/mol. The van der Waals surface area contributed by atoms with E-state index in [0.29, 0.717) is 6.42 Å². The smallest absolute Gasteiger partial charge is 0.326 e. The van der Waals surface area contributed by atoms with Gasteiger partial charge in [0, 0.05) is 6.42 Å². The molecule has 1 aromatic rings. The van der Waals surface area contributed by atoms with Gasteiger partial charge >= 0.3 is 11.9 Å². The summed E-state index contributed by atoms with van der Waals surface area (Å²) >= 11 is 0. The van der Waals surface area contributed by atoms with Crippen LogP contribution >= 0.6 is 0 Å². The molecule has 0 heterocycles. The average molecular weight is 523 g/mol. The summed E-state index contributed by atoms with van der Waals surface area (Å²) in [4.78, 5) is 61.1. The Morgan fingerprint density at radius 2 is 1.41 bits per heavy atom. The van der Waals surface area contributed by atoms with E-state index in [-0.39, 0.29) is 24.5 Å². The summed E-state index contributed by atoms with van der Waals surface area (Å²) in [5.74, 6) is -5.26. The van der Waals surface area contributed by atoms with Crippen LogP contribution in [0.4, 0.5) is 0 Å². The lowest BCUT2D eigenvalue weighted by atomic mass is 9.95. The molecule has 3 amide bonds. The molecule has 0 bridgehead atoms. The third kappa shape index (κ3) is 10.5. The Bertz CT molecular complexity index is 951. The van der Waals surface area contributed by atoms with Crippen LogP contribution in [-0.2, 0) is 30.4 Å². The Labute approximate surface area is 216 Å². The van der Waals surface area contributed by atoms with Crippen LogP contribution < -0.4 is 21.7 Å². The van der Waals surface area contributed by atoms with Crippen molar-refractivity contribution in [1.82, 2.24) is 16.0 Å². The van der Waals surface area contributed by atoms with E-state index in [1.165, 1.54) is 12.1 Å². The SMILES string of the molecule is CCC(C)C(NC(=O)C(NC(=O)C(N)Cc1ccc(O)cc1)C(C)C)C(=O)NC(CCC(=O)O)C(=O)O. The van der Waals surface area contributed by atoms with Gasteiger partial charge in [-0.1, -0.05) is 46.2 Å². The van der Waals surface area contributed by atoms with E-state index in [1.54, 1.807) is 39.8 Å². The van der Waals surface area contributed by atoms with Crippen molar-refractivity contribution in [3.63, 3.8) is 0 Å². The lowest BCUT2D eigenvalue weighted by Crippen LogP contribution is -2.59. The van der Waals surface area contributed by atoms with Crippen LogP contribution in [0.1, 0.15) is 52.5 Å². The maximum absolute atomic E-state index is 13.1. The molecule has 0 aliphatic heterocycles. The number of phenols is 1. The third-order valence-corrected chi connectivity index (χ3v) is 6.03. The molecule has 0 saturated carbocycles. The lowest BCUT2D eigenvalue weighted by Gasteiger charge is -2.29. The van der Waals surface area contributed by atoms with Crippen molar-refractivity contribution in [3.05, 3.63) is 29.8 Å². The van der Waals surface area contributed by atoms with E-state index >= 15 is 0 Å². The summed E-state index contributed by atoms with van der Waals surface area (Å²) in [7, 11) is 0. The topological polar surface area (TPSA) is 208 Å². The molecule has 5 unspecified atom stereocenters. The molecule has 206 valence electrons. The second kappa shape index (κ2) is 14.8. The monoisotopic (exact) mass is 522 g/mol. The molecule has 12 nitrogen and oxygen atoms in total. The van der Waals surface area contributed by atoms with Crippen molar-refractivity contribution in [2.45, 2.75) is 77.5 Å². The van der Waals surface area contributed by atoms with Gasteiger partial charge in [-0.25, -0.2) is 4.79 Å². The van der Waals surface area contributed by atoms with Gasteiger partial charge in [0.2, 0.25) is 17.7 Å². The van der Waals surface area contributed by atoms with Crippen molar-refractivity contribution in [2.75, 3.05) is 0 Å². The van der Waals surface area contributed by atoms with Gasteiger partial charge in [-0.2, -0.15) is 0 Å². The lowest BCUT2D eigenvalue weighted by molar-refractivity contribution is -0.143. The second-order valence-corrected chi connectivity index (χ2v) is 9.41. The van der Waals surface area contributed by atoms with E-state index in [0.717, 1.165) is 5.56 Å². The second-order valence-electron chi connectivity index (χ2n) is 9.41. The Morgan fingerprint density at radius 1 is 0.865 bits per heavy atom. The molecule has 0 fully saturated rings. The number of aliphatic carboxylic acids is 2. The van der Waals surface area contributed by atoms with Crippen molar-refractivity contribution in [2.24, 2.45) is 17.6 Å². The Balaban J connectivity index is 2.94. The molecule has 0 aromatic heterocycles. The molecular formula is C25H38N4O8. The van der Waals surface area contributed by atoms with Gasteiger partial charge in [-0.05, 0) is 42.4 Å². The summed E-state index contributed by atoms with van der Waals surface area (Å²) < 4.78 is 0.